The van der Waals surface area contributed by atoms with Gasteiger partial charge in [-0.05, 0) is 0 Å². The molecule has 0 aliphatic heterocycles. The number of hydrogen-bond acceptors (Lipinski definition) is 2. The molecule has 2 nitrogen and oxygen atoms in total. The maximum atomic E-state index is 13.1. The standard InChI is InChI=1S/C27H27O2P/c1-2-29-24-20-18-23(19-21-24)22-30(28,25-12-6-3-7-13-25,26-14-8-4-9-15-26)27-16-10-5-11-17-27/h3-21,28H,2,22H2,1H3. The monoisotopic (exact) mass is 414 g/mol. The van der Waals surface area contributed by atoms with Gasteiger partial charge in [-0.15, -0.1) is 0 Å². The molecule has 0 saturated heterocycles. The molecule has 0 aromatic heterocycles. The van der Waals surface area contributed by atoms with E-state index in [0.717, 1.165) is 27.2 Å². The molecule has 152 valence electrons. The summed E-state index contributed by atoms with van der Waals surface area (Å²) in [4.78, 5) is 13.1. The van der Waals surface area contributed by atoms with Gasteiger partial charge in [0.05, 0.1) is 0 Å². The van der Waals surface area contributed by atoms with Gasteiger partial charge in [0.25, 0.3) is 0 Å². The Morgan fingerprint density at radius 2 is 1.00 bits per heavy atom. The fourth-order valence-corrected chi connectivity index (χ4v) is 8.99. The summed E-state index contributed by atoms with van der Waals surface area (Å²) in [5.41, 5.74) is 1.08. The second-order valence-corrected chi connectivity index (χ2v) is 11.9. The van der Waals surface area contributed by atoms with Gasteiger partial charge in [0.1, 0.15) is 0 Å². The van der Waals surface area contributed by atoms with Crippen molar-refractivity contribution in [3.8, 4) is 5.75 Å². The first-order chi connectivity index (χ1) is 14.6. The molecule has 0 atom stereocenters. The van der Waals surface area contributed by atoms with Crippen molar-refractivity contribution >= 4 is 22.7 Å². The van der Waals surface area contributed by atoms with Crippen LogP contribution in [0.5, 0.6) is 5.75 Å². The van der Waals surface area contributed by atoms with E-state index in [1.54, 1.807) is 0 Å². The predicted molar refractivity (Wildman–Crippen MR) is 129 cm³/mol. The molecular weight excluding hydrogens is 387 g/mol. The third-order valence-corrected chi connectivity index (χ3v) is 10.9. The molecule has 0 aliphatic carbocycles. The Morgan fingerprint density at radius 3 is 1.37 bits per heavy atom. The van der Waals surface area contributed by atoms with Gasteiger partial charge in [-0.1, -0.05) is 0 Å². The molecule has 0 amide bonds. The minimum atomic E-state index is -3.76. The van der Waals surface area contributed by atoms with Crippen molar-refractivity contribution in [2.24, 2.45) is 0 Å². The van der Waals surface area contributed by atoms with E-state index in [4.69, 9.17) is 4.74 Å². The topological polar surface area (TPSA) is 29.5 Å². The van der Waals surface area contributed by atoms with E-state index in [0.29, 0.717) is 12.8 Å². The average Bonchev–Trinajstić information content (AvgIpc) is 2.82. The molecule has 0 bridgehead atoms. The summed E-state index contributed by atoms with van der Waals surface area (Å²) in [6.07, 6.45) is 0.524. The summed E-state index contributed by atoms with van der Waals surface area (Å²) < 4.78 is 5.62. The molecule has 0 unspecified atom stereocenters. The van der Waals surface area contributed by atoms with Crippen molar-refractivity contribution in [2.75, 3.05) is 6.61 Å². The third-order valence-electron chi connectivity index (χ3n) is 5.66. The van der Waals surface area contributed by atoms with Gasteiger partial charge in [0, 0.05) is 0 Å². The van der Waals surface area contributed by atoms with Crippen LogP contribution in [0.2, 0.25) is 0 Å². The quantitative estimate of drug-likeness (QED) is 0.430. The summed E-state index contributed by atoms with van der Waals surface area (Å²) in [7, 11) is 0. The summed E-state index contributed by atoms with van der Waals surface area (Å²) in [5, 5.41) is 2.90. The summed E-state index contributed by atoms with van der Waals surface area (Å²) in [6.45, 7) is -1.14. The number of rotatable bonds is 7. The van der Waals surface area contributed by atoms with Crippen molar-refractivity contribution < 1.29 is 9.63 Å². The average molecular weight is 414 g/mol. The van der Waals surface area contributed by atoms with Crippen LogP contribution in [0, 0.1) is 0 Å². The van der Waals surface area contributed by atoms with E-state index in [9.17, 15) is 4.89 Å². The van der Waals surface area contributed by atoms with Crippen molar-refractivity contribution in [3.63, 3.8) is 0 Å². The van der Waals surface area contributed by atoms with Crippen molar-refractivity contribution in [1.82, 2.24) is 0 Å². The van der Waals surface area contributed by atoms with E-state index in [2.05, 4.69) is 48.5 Å². The van der Waals surface area contributed by atoms with Crippen LogP contribution in [0.1, 0.15) is 12.5 Å². The Kier molecular flexibility index (Phi) is 5.72. The van der Waals surface area contributed by atoms with Crippen LogP contribution in [-0.2, 0) is 6.16 Å². The fraction of sp³-hybridized carbons (Fsp3) is 0.111. The molecule has 0 aliphatic rings. The molecule has 0 radical (unpaired) electrons. The van der Waals surface area contributed by atoms with E-state index in [1.807, 2.05) is 73.7 Å². The van der Waals surface area contributed by atoms with Crippen LogP contribution in [0.4, 0.5) is 0 Å². The fourth-order valence-electron chi connectivity index (χ4n) is 4.18. The summed E-state index contributed by atoms with van der Waals surface area (Å²) >= 11 is 0. The van der Waals surface area contributed by atoms with Crippen LogP contribution in [0.15, 0.2) is 115 Å². The number of hydrogen-bond donors (Lipinski definition) is 1. The molecule has 30 heavy (non-hydrogen) atoms. The van der Waals surface area contributed by atoms with Crippen molar-refractivity contribution in [2.45, 2.75) is 13.1 Å². The molecule has 0 saturated carbocycles. The Balaban J connectivity index is 1.98. The van der Waals surface area contributed by atoms with Crippen LogP contribution in [0.3, 0.4) is 0 Å². The number of benzene rings is 4. The normalized spacial score (nSPS) is 12.7. The number of ether oxygens (including phenoxy) is 1. The molecule has 0 heterocycles. The van der Waals surface area contributed by atoms with E-state index >= 15 is 0 Å². The van der Waals surface area contributed by atoms with E-state index in [-0.39, 0.29) is 0 Å². The van der Waals surface area contributed by atoms with Crippen LogP contribution in [0.25, 0.3) is 0 Å². The van der Waals surface area contributed by atoms with Gasteiger partial charge in [-0.3, -0.25) is 0 Å². The van der Waals surface area contributed by atoms with Gasteiger partial charge in [-0.25, -0.2) is 0 Å². The van der Waals surface area contributed by atoms with Crippen LogP contribution >= 0.6 is 6.83 Å². The summed E-state index contributed by atoms with van der Waals surface area (Å²) in [6, 6.07) is 38.5. The third kappa shape index (κ3) is 3.54. The second-order valence-electron chi connectivity index (χ2n) is 7.49. The molecule has 4 aromatic carbocycles. The first-order valence-electron chi connectivity index (χ1n) is 10.3. The zero-order valence-corrected chi connectivity index (χ0v) is 18.1. The molecule has 1 N–H and O–H groups in total. The molecule has 0 spiro atoms. The first kappa shape index (κ1) is 20.3. The zero-order chi connectivity index (χ0) is 20.9. The SMILES string of the molecule is CCOc1ccc(CP(O)(c2ccccc2)(c2ccccc2)c2ccccc2)cc1. The van der Waals surface area contributed by atoms with Crippen LogP contribution < -0.4 is 20.7 Å². The predicted octanol–water partition coefficient (Wildman–Crippen LogP) is 5.02. The Bertz CT molecular complexity index is 979. The molecule has 0 fully saturated rings. The second kappa shape index (κ2) is 8.44. The molecule has 4 aromatic rings. The molecule has 4 rings (SSSR count). The summed E-state index contributed by atoms with van der Waals surface area (Å²) in [5.74, 6) is 0.846. The van der Waals surface area contributed by atoms with Gasteiger partial charge in [0.2, 0.25) is 0 Å². The zero-order valence-electron chi connectivity index (χ0n) is 17.2. The Morgan fingerprint density at radius 1 is 0.600 bits per heavy atom. The van der Waals surface area contributed by atoms with Gasteiger partial charge >= 0.3 is 179 Å². The first-order valence-corrected chi connectivity index (χ1v) is 12.7. The maximum absolute atomic E-state index is 13.1. The Labute approximate surface area is 178 Å². The van der Waals surface area contributed by atoms with E-state index in [1.165, 1.54) is 0 Å². The van der Waals surface area contributed by atoms with Gasteiger partial charge in [0.15, 0.2) is 0 Å². The van der Waals surface area contributed by atoms with Gasteiger partial charge in [-0.2, -0.15) is 0 Å². The van der Waals surface area contributed by atoms with E-state index < -0.39 is 6.83 Å². The Hall–Kier alpha value is -2.93. The molecular formula is C27H27O2P. The van der Waals surface area contributed by atoms with Crippen molar-refractivity contribution in [3.05, 3.63) is 121 Å². The van der Waals surface area contributed by atoms with Crippen LogP contribution in [-0.4, -0.2) is 11.5 Å². The minimum absolute atomic E-state index is 0.524. The van der Waals surface area contributed by atoms with Gasteiger partial charge < -0.3 is 0 Å². The molecule has 3 heteroatoms. The van der Waals surface area contributed by atoms with Crippen molar-refractivity contribution in [1.29, 1.82) is 0 Å².